The lowest BCUT2D eigenvalue weighted by Gasteiger charge is -2.24. The first-order valence-electron chi connectivity index (χ1n) is 13.6. The van der Waals surface area contributed by atoms with E-state index >= 15 is 0 Å². The van der Waals surface area contributed by atoms with Gasteiger partial charge in [0.05, 0.1) is 16.8 Å². The minimum absolute atomic E-state index is 0.0196. The molecule has 0 aliphatic heterocycles. The van der Waals surface area contributed by atoms with E-state index in [0.29, 0.717) is 34.3 Å². The van der Waals surface area contributed by atoms with Gasteiger partial charge in [0.15, 0.2) is 5.82 Å². The number of fused-ring (bicyclic) bond motifs is 1. The highest BCUT2D eigenvalue weighted by Gasteiger charge is 2.30. The summed E-state index contributed by atoms with van der Waals surface area (Å²) in [4.78, 5) is 57.4. The maximum absolute atomic E-state index is 13.7. The molecule has 3 amide bonds. The number of amides is 3. The van der Waals surface area contributed by atoms with Crippen LogP contribution in [0.5, 0.6) is 5.75 Å². The van der Waals surface area contributed by atoms with E-state index in [2.05, 4.69) is 20.7 Å². The average molecular weight is 587 g/mol. The van der Waals surface area contributed by atoms with E-state index in [9.17, 15) is 24.3 Å². The summed E-state index contributed by atoms with van der Waals surface area (Å²) >= 11 is 0. The number of benzene rings is 2. The predicted molar refractivity (Wildman–Crippen MR) is 154 cm³/mol. The van der Waals surface area contributed by atoms with Crippen LogP contribution in [0, 0.1) is 13.8 Å². The van der Waals surface area contributed by atoms with Crippen molar-refractivity contribution in [2.45, 2.75) is 39.7 Å². The number of carbonyl (C=O) groups is 4. The van der Waals surface area contributed by atoms with Gasteiger partial charge in [0.2, 0.25) is 6.79 Å². The van der Waals surface area contributed by atoms with Crippen LogP contribution in [-0.4, -0.2) is 63.0 Å². The van der Waals surface area contributed by atoms with Gasteiger partial charge in [0.1, 0.15) is 17.6 Å². The lowest BCUT2D eigenvalue weighted by Crippen LogP contribution is -2.31. The topological polar surface area (TPSA) is 164 Å². The van der Waals surface area contributed by atoms with E-state index in [0.717, 1.165) is 17.7 Å². The third-order valence-electron chi connectivity index (χ3n) is 6.88. The van der Waals surface area contributed by atoms with Crippen LogP contribution < -0.4 is 15.5 Å². The average Bonchev–Trinajstić information content (AvgIpc) is 3.74. The number of carbonyl (C=O) groups excluding carboxylic acids is 4. The summed E-state index contributed by atoms with van der Waals surface area (Å²) in [5.41, 5.74) is 2.60. The molecule has 1 aliphatic carbocycles. The first-order chi connectivity index (χ1) is 20.7. The quantitative estimate of drug-likeness (QED) is 0.195. The molecule has 1 saturated carbocycles. The number of ether oxygens (including phenoxy) is 2. The Balaban J connectivity index is 1.52. The minimum Gasteiger partial charge on any atom is -0.508 e. The SMILES string of the molecule is CCNC(=O)c1ccc(C)c(N(C(=O)OCOC(=O)c2ccc(O)cc2)c2ncnn3cc(C(=O)NC4CC4)c(C)c23)c1. The second-order valence-electron chi connectivity index (χ2n) is 10.00. The maximum atomic E-state index is 13.7. The summed E-state index contributed by atoms with van der Waals surface area (Å²) in [6.45, 7) is 4.94. The number of esters is 1. The Labute approximate surface area is 246 Å². The van der Waals surface area contributed by atoms with E-state index in [1.165, 1.54) is 41.2 Å². The van der Waals surface area contributed by atoms with Crippen molar-refractivity contribution in [1.82, 2.24) is 25.2 Å². The number of nitrogens with zero attached hydrogens (tertiary/aromatic N) is 4. The second kappa shape index (κ2) is 12.2. The van der Waals surface area contributed by atoms with Crippen molar-refractivity contribution in [3.05, 3.63) is 82.8 Å². The summed E-state index contributed by atoms with van der Waals surface area (Å²) in [6.07, 6.45) is 3.68. The van der Waals surface area contributed by atoms with Crippen LogP contribution >= 0.6 is 0 Å². The van der Waals surface area contributed by atoms with Gasteiger partial charge in [-0.2, -0.15) is 5.10 Å². The zero-order valence-corrected chi connectivity index (χ0v) is 23.8. The number of aromatic hydroxyl groups is 1. The molecule has 0 saturated heterocycles. The van der Waals surface area contributed by atoms with E-state index < -0.39 is 18.9 Å². The van der Waals surface area contributed by atoms with Gasteiger partial charge in [-0.1, -0.05) is 6.07 Å². The molecule has 0 bridgehead atoms. The molecule has 2 aromatic carbocycles. The van der Waals surface area contributed by atoms with Crippen molar-refractivity contribution >= 4 is 40.9 Å². The van der Waals surface area contributed by atoms with Crippen molar-refractivity contribution in [2.24, 2.45) is 0 Å². The van der Waals surface area contributed by atoms with Gasteiger partial charge in [-0.05, 0) is 81.1 Å². The molecule has 0 radical (unpaired) electrons. The summed E-state index contributed by atoms with van der Waals surface area (Å²) in [5.74, 6) is -1.31. The summed E-state index contributed by atoms with van der Waals surface area (Å²) < 4.78 is 12.0. The minimum atomic E-state index is -0.958. The predicted octanol–water partition coefficient (Wildman–Crippen LogP) is 3.78. The van der Waals surface area contributed by atoms with E-state index in [1.54, 1.807) is 39.1 Å². The van der Waals surface area contributed by atoms with Gasteiger partial charge in [-0.3, -0.25) is 9.59 Å². The molecule has 2 aromatic heterocycles. The summed E-state index contributed by atoms with van der Waals surface area (Å²) in [6, 6.07) is 10.4. The number of aromatic nitrogens is 3. The second-order valence-corrected chi connectivity index (χ2v) is 10.00. The number of phenolic OH excluding ortho intramolecular Hbond substituents is 1. The Bertz CT molecular complexity index is 1710. The van der Waals surface area contributed by atoms with Crippen LogP contribution in [0.1, 0.15) is 62.0 Å². The molecule has 5 rings (SSSR count). The molecule has 0 atom stereocenters. The molecule has 13 nitrogen and oxygen atoms in total. The van der Waals surface area contributed by atoms with Crippen LogP contribution in [0.25, 0.3) is 5.52 Å². The van der Waals surface area contributed by atoms with Gasteiger partial charge in [0.25, 0.3) is 11.8 Å². The molecule has 222 valence electrons. The number of rotatable bonds is 9. The number of hydrogen-bond acceptors (Lipinski definition) is 9. The fourth-order valence-corrected chi connectivity index (χ4v) is 4.46. The molecular formula is C30H30N6O7. The van der Waals surface area contributed by atoms with Gasteiger partial charge < -0.3 is 25.2 Å². The molecule has 13 heteroatoms. The standard InChI is InChI=1S/C30H30N6O7/c1-4-31-27(38)20-6-5-17(2)24(13-20)36(30(41)43-16-42-29(40)19-7-11-22(37)12-8-19)26-25-18(3)23(14-35(25)33-15-32-26)28(39)34-21-9-10-21/h5-8,11-15,21,37H,4,9-10,16H2,1-3H3,(H,31,38)(H,34,39). The molecule has 3 N–H and O–H groups in total. The Morgan fingerprint density at radius 1 is 1.02 bits per heavy atom. The first kappa shape index (κ1) is 29.0. The summed E-state index contributed by atoms with van der Waals surface area (Å²) in [7, 11) is 0. The van der Waals surface area contributed by atoms with Gasteiger partial charge in [-0.15, -0.1) is 0 Å². The highest BCUT2D eigenvalue weighted by molar-refractivity contribution is 6.05. The number of nitrogens with one attached hydrogen (secondary N) is 2. The van der Waals surface area contributed by atoms with E-state index in [-0.39, 0.29) is 40.7 Å². The third-order valence-corrected chi connectivity index (χ3v) is 6.88. The molecule has 1 fully saturated rings. The highest BCUT2D eigenvalue weighted by Crippen LogP contribution is 2.34. The number of phenols is 1. The monoisotopic (exact) mass is 586 g/mol. The molecule has 2 heterocycles. The molecule has 0 spiro atoms. The fraction of sp³-hybridized carbons (Fsp3) is 0.267. The van der Waals surface area contributed by atoms with E-state index in [4.69, 9.17) is 9.47 Å². The van der Waals surface area contributed by atoms with Crippen molar-refractivity contribution in [1.29, 1.82) is 0 Å². The first-order valence-corrected chi connectivity index (χ1v) is 13.6. The Morgan fingerprint density at radius 2 is 1.74 bits per heavy atom. The Hall–Kier alpha value is -5.46. The molecule has 0 unspecified atom stereocenters. The van der Waals surface area contributed by atoms with E-state index in [1.807, 2.05) is 0 Å². The lowest BCUT2D eigenvalue weighted by atomic mass is 10.1. The van der Waals surface area contributed by atoms with Crippen LogP contribution in [0.15, 0.2) is 55.0 Å². The maximum Gasteiger partial charge on any atom is 0.423 e. The van der Waals surface area contributed by atoms with Crippen molar-refractivity contribution in [3.8, 4) is 5.75 Å². The molecular weight excluding hydrogens is 556 g/mol. The lowest BCUT2D eigenvalue weighted by molar-refractivity contribution is -0.0000735. The van der Waals surface area contributed by atoms with Crippen molar-refractivity contribution in [2.75, 3.05) is 18.2 Å². The molecule has 4 aromatic rings. The smallest absolute Gasteiger partial charge is 0.423 e. The van der Waals surface area contributed by atoms with Crippen LogP contribution in [-0.2, 0) is 9.47 Å². The Kier molecular flexibility index (Phi) is 8.23. The number of hydrogen-bond donors (Lipinski definition) is 3. The number of anilines is 2. The molecule has 43 heavy (non-hydrogen) atoms. The Morgan fingerprint density at radius 3 is 2.44 bits per heavy atom. The number of aryl methyl sites for hydroxylation is 2. The largest absolute Gasteiger partial charge is 0.508 e. The van der Waals surface area contributed by atoms with Crippen LogP contribution in [0.3, 0.4) is 0 Å². The zero-order chi connectivity index (χ0) is 30.7. The van der Waals surface area contributed by atoms with Crippen LogP contribution in [0.2, 0.25) is 0 Å². The fourth-order valence-electron chi connectivity index (χ4n) is 4.46. The third kappa shape index (κ3) is 6.25. The molecule has 1 aliphatic rings. The highest BCUT2D eigenvalue weighted by atomic mass is 16.7. The van der Waals surface area contributed by atoms with Crippen molar-refractivity contribution in [3.63, 3.8) is 0 Å². The van der Waals surface area contributed by atoms with Gasteiger partial charge >= 0.3 is 12.1 Å². The normalized spacial score (nSPS) is 12.4. The van der Waals surface area contributed by atoms with Gasteiger partial charge in [-0.25, -0.2) is 24.0 Å². The zero-order valence-electron chi connectivity index (χ0n) is 23.8. The summed E-state index contributed by atoms with van der Waals surface area (Å²) in [5, 5.41) is 19.4. The van der Waals surface area contributed by atoms with Crippen molar-refractivity contribution < 1.29 is 33.8 Å². The van der Waals surface area contributed by atoms with Gasteiger partial charge in [0, 0.05) is 24.3 Å². The van der Waals surface area contributed by atoms with Crippen LogP contribution in [0.4, 0.5) is 16.3 Å².